The van der Waals surface area contributed by atoms with Crippen LogP contribution in [0.15, 0.2) is 0 Å². The van der Waals surface area contributed by atoms with E-state index in [1.807, 2.05) is 0 Å². The van der Waals surface area contributed by atoms with Gasteiger partial charge in [0.15, 0.2) is 12.2 Å². The molecule has 5 atom stereocenters. The number of hydrogen-bond acceptors (Lipinski definition) is 15. The number of phosphoric ester groups is 2. The Morgan fingerprint density at radius 1 is 0.247 bits per heavy atom. The van der Waals surface area contributed by atoms with E-state index in [0.29, 0.717) is 25.7 Å². The van der Waals surface area contributed by atoms with E-state index < -0.39 is 97.5 Å². The molecule has 0 fully saturated rings. The summed E-state index contributed by atoms with van der Waals surface area (Å²) in [4.78, 5) is 72.8. The van der Waals surface area contributed by atoms with Crippen molar-refractivity contribution in [3.63, 3.8) is 0 Å². The number of aliphatic hydroxyl groups excluding tert-OH is 1. The van der Waals surface area contributed by atoms with E-state index in [1.54, 1.807) is 0 Å². The maximum atomic E-state index is 13.1. The van der Waals surface area contributed by atoms with Crippen LogP contribution in [0.3, 0.4) is 0 Å². The Balaban J connectivity index is 5.21. The second kappa shape index (κ2) is 72.4. The molecule has 0 heterocycles. The Hall–Kier alpha value is -1.94. The molecule has 576 valence electrons. The van der Waals surface area contributed by atoms with E-state index in [1.165, 1.54) is 250 Å². The summed E-state index contributed by atoms with van der Waals surface area (Å²) in [5.41, 5.74) is 0. The van der Waals surface area contributed by atoms with Crippen molar-refractivity contribution >= 4 is 39.5 Å². The van der Waals surface area contributed by atoms with Gasteiger partial charge in [-0.1, -0.05) is 368 Å². The van der Waals surface area contributed by atoms with Crippen LogP contribution in [0.2, 0.25) is 0 Å². The zero-order valence-corrected chi connectivity index (χ0v) is 64.8. The van der Waals surface area contributed by atoms with Gasteiger partial charge in [-0.2, -0.15) is 0 Å². The molecule has 0 aliphatic heterocycles. The number of unbranched alkanes of at least 4 members (excludes halogenated alkanes) is 53. The Labute approximate surface area is 594 Å². The van der Waals surface area contributed by atoms with Crippen LogP contribution in [0.25, 0.3) is 0 Å². The Morgan fingerprint density at radius 2 is 0.412 bits per heavy atom. The van der Waals surface area contributed by atoms with Crippen molar-refractivity contribution in [2.45, 2.75) is 438 Å². The lowest BCUT2D eigenvalue weighted by Crippen LogP contribution is -2.30. The fraction of sp³-hybridized carbons (Fsp3) is 0.949. The maximum Gasteiger partial charge on any atom is 0.472 e. The zero-order chi connectivity index (χ0) is 71.1. The molecule has 0 aromatic rings. The van der Waals surface area contributed by atoms with Crippen molar-refractivity contribution in [3.8, 4) is 0 Å². The van der Waals surface area contributed by atoms with Gasteiger partial charge in [-0.05, 0) is 25.7 Å². The van der Waals surface area contributed by atoms with E-state index in [0.717, 1.165) is 89.9 Å². The smallest absolute Gasteiger partial charge is 0.462 e. The van der Waals surface area contributed by atoms with Crippen LogP contribution < -0.4 is 0 Å². The quantitative estimate of drug-likeness (QED) is 0.0222. The highest BCUT2D eigenvalue weighted by Crippen LogP contribution is 2.45. The molecule has 0 bridgehead atoms. The van der Waals surface area contributed by atoms with Crippen LogP contribution in [-0.4, -0.2) is 96.7 Å². The molecular formula is C78H152O17P2. The second-order valence-electron chi connectivity index (χ2n) is 28.1. The number of aliphatic hydroxyl groups is 1. The van der Waals surface area contributed by atoms with Gasteiger partial charge in [0.25, 0.3) is 0 Å². The third-order valence-electron chi connectivity index (χ3n) is 18.4. The lowest BCUT2D eigenvalue weighted by atomic mass is 10.0. The Morgan fingerprint density at radius 3 is 0.608 bits per heavy atom. The molecule has 2 unspecified atom stereocenters. The molecule has 0 aliphatic carbocycles. The summed E-state index contributed by atoms with van der Waals surface area (Å²) < 4.78 is 68.6. The van der Waals surface area contributed by atoms with E-state index in [2.05, 4.69) is 27.7 Å². The number of ether oxygens (including phenoxy) is 4. The lowest BCUT2D eigenvalue weighted by Gasteiger charge is -2.21. The van der Waals surface area contributed by atoms with Crippen LogP contribution >= 0.6 is 15.6 Å². The van der Waals surface area contributed by atoms with Crippen molar-refractivity contribution < 1.29 is 80.2 Å². The normalized spacial score (nSPS) is 13.8. The SMILES string of the molecule is CCCCCCCCCCCCCCCCCCCCCC(=O)O[C@H](COC(=O)CCCCCCCCCCCCCCCCCCC)COP(=O)(O)OC[C@@H](O)COP(=O)(O)OC[C@@H](COC(=O)CCCCCCCCCCCC)OC(=O)CCCCCCCCCCCCC. The lowest BCUT2D eigenvalue weighted by molar-refractivity contribution is -0.161. The molecule has 0 rings (SSSR count). The third kappa shape index (κ3) is 72.2. The van der Waals surface area contributed by atoms with Gasteiger partial charge in [0, 0.05) is 25.7 Å². The molecule has 0 spiro atoms. The largest absolute Gasteiger partial charge is 0.472 e. The van der Waals surface area contributed by atoms with Crippen LogP contribution in [-0.2, 0) is 65.4 Å². The number of carbonyl (C=O) groups excluding carboxylic acids is 4. The molecule has 0 aromatic carbocycles. The minimum Gasteiger partial charge on any atom is -0.462 e. The highest BCUT2D eigenvalue weighted by Gasteiger charge is 2.30. The molecule has 0 amide bonds. The van der Waals surface area contributed by atoms with Gasteiger partial charge >= 0.3 is 39.5 Å². The zero-order valence-electron chi connectivity index (χ0n) is 63.1. The van der Waals surface area contributed by atoms with Crippen molar-refractivity contribution in [1.82, 2.24) is 0 Å². The van der Waals surface area contributed by atoms with E-state index in [4.69, 9.17) is 37.0 Å². The maximum absolute atomic E-state index is 13.1. The van der Waals surface area contributed by atoms with Gasteiger partial charge < -0.3 is 33.8 Å². The minimum absolute atomic E-state index is 0.108. The van der Waals surface area contributed by atoms with Gasteiger partial charge in [-0.25, -0.2) is 9.13 Å². The molecule has 0 radical (unpaired) electrons. The van der Waals surface area contributed by atoms with Crippen molar-refractivity contribution in [2.75, 3.05) is 39.6 Å². The first kappa shape index (κ1) is 95.1. The fourth-order valence-corrected chi connectivity index (χ4v) is 13.7. The first-order chi connectivity index (χ1) is 47.2. The summed E-state index contributed by atoms with van der Waals surface area (Å²) in [7, 11) is -9.91. The number of rotatable bonds is 79. The predicted molar refractivity (Wildman–Crippen MR) is 395 cm³/mol. The van der Waals surface area contributed by atoms with Crippen LogP contribution in [0.4, 0.5) is 0 Å². The Bertz CT molecular complexity index is 1840. The number of phosphoric acid groups is 2. The van der Waals surface area contributed by atoms with Gasteiger partial charge in [0.2, 0.25) is 0 Å². The Kier molecular flexibility index (Phi) is 71.0. The summed E-state index contributed by atoms with van der Waals surface area (Å²) in [6.45, 7) is 4.99. The monoisotopic (exact) mass is 1420 g/mol. The molecule has 97 heavy (non-hydrogen) atoms. The number of hydrogen-bond donors (Lipinski definition) is 3. The first-order valence-electron chi connectivity index (χ1n) is 40.8. The molecular weight excluding hydrogens is 1270 g/mol. The molecule has 17 nitrogen and oxygen atoms in total. The molecule has 0 aromatic heterocycles. The van der Waals surface area contributed by atoms with Gasteiger partial charge in [0.1, 0.15) is 19.3 Å². The van der Waals surface area contributed by atoms with Crippen LogP contribution in [0.5, 0.6) is 0 Å². The highest BCUT2D eigenvalue weighted by molar-refractivity contribution is 7.47. The van der Waals surface area contributed by atoms with Gasteiger partial charge in [-0.3, -0.25) is 37.3 Å². The topological polar surface area (TPSA) is 237 Å². The summed E-state index contributed by atoms with van der Waals surface area (Å²) in [5, 5.41) is 10.6. The number of carbonyl (C=O) groups is 4. The van der Waals surface area contributed by atoms with Gasteiger partial charge in [-0.15, -0.1) is 0 Å². The predicted octanol–water partition coefficient (Wildman–Crippen LogP) is 23.4. The van der Waals surface area contributed by atoms with Crippen molar-refractivity contribution in [1.29, 1.82) is 0 Å². The molecule has 0 aliphatic rings. The second-order valence-corrected chi connectivity index (χ2v) is 31.0. The van der Waals surface area contributed by atoms with Crippen LogP contribution in [0, 0.1) is 0 Å². The van der Waals surface area contributed by atoms with Gasteiger partial charge in [0.05, 0.1) is 26.4 Å². The summed E-state index contributed by atoms with van der Waals surface area (Å²) in [5.74, 6) is -2.11. The molecule has 19 heteroatoms. The number of esters is 4. The molecule has 0 saturated heterocycles. The fourth-order valence-electron chi connectivity index (χ4n) is 12.1. The van der Waals surface area contributed by atoms with E-state index in [9.17, 15) is 43.2 Å². The average molecular weight is 1420 g/mol. The summed E-state index contributed by atoms with van der Waals surface area (Å²) in [6.07, 6.45) is 63.8. The molecule has 0 saturated carbocycles. The van der Waals surface area contributed by atoms with Crippen molar-refractivity contribution in [3.05, 3.63) is 0 Å². The first-order valence-corrected chi connectivity index (χ1v) is 43.8. The van der Waals surface area contributed by atoms with E-state index >= 15 is 0 Å². The summed E-state index contributed by atoms with van der Waals surface area (Å²) in [6, 6.07) is 0. The van der Waals surface area contributed by atoms with Crippen LogP contribution in [0.1, 0.15) is 419 Å². The highest BCUT2D eigenvalue weighted by atomic mass is 31.2. The molecule has 3 N–H and O–H groups in total. The standard InChI is InChI=1S/C78H152O17P2/c1-5-9-13-17-21-25-29-31-33-35-36-38-40-42-45-49-53-57-61-65-78(83)95-74(69-89-76(81)63-59-55-51-47-44-41-39-37-34-32-30-26-22-18-14-10-6-2)71-93-97(86,87)91-67-72(79)66-90-96(84,85)92-70-73(68-88-75(80)62-58-54-50-46-28-24-20-16-12-8-4)94-77(82)64-60-56-52-48-43-27-23-19-15-11-7-3/h72-74,79H,5-71H2,1-4H3,(H,84,85)(H,86,87)/t72-,73+,74+/m0/s1. The van der Waals surface area contributed by atoms with Crippen molar-refractivity contribution in [2.24, 2.45) is 0 Å². The van der Waals surface area contributed by atoms with E-state index in [-0.39, 0.29) is 25.7 Å². The summed E-state index contributed by atoms with van der Waals surface area (Å²) >= 11 is 0. The minimum atomic E-state index is -4.96. The average Bonchev–Trinajstić information content (AvgIpc) is 1.41. The third-order valence-corrected chi connectivity index (χ3v) is 20.3.